The van der Waals surface area contributed by atoms with Gasteiger partial charge in [-0.25, -0.2) is 9.67 Å². The fraction of sp³-hybridized carbons (Fsp3) is 0.0625. The van der Waals surface area contributed by atoms with Gasteiger partial charge in [-0.2, -0.15) is 5.10 Å². The maximum Gasteiger partial charge on any atom is 0.277 e. The summed E-state index contributed by atoms with van der Waals surface area (Å²) >= 11 is 0. The van der Waals surface area contributed by atoms with Gasteiger partial charge in [-0.3, -0.25) is 9.59 Å². The van der Waals surface area contributed by atoms with Crippen molar-refractivity contribution in [2.45, 2.75) is 6.54 Å². The Hall–Kier alpha value is -3.35. The summed E-state index contributed by atoms with van der Waals surface area (Å²) in [7, 11) is 0. The Kier molecular flexibility index (Phi) is 3.92. The number of pyridine rings is 1. The third kappa shape index (κ3) is 2.84. The maximum atomic E-state index is 12.5. The van der Waals surface area contributed by atoms with Gasteiger partial charge in [0, 0.05) is 11.6 Å². The number of nitrogens with one attached hydrogen (secondary N) is 1. The van der Waals surface area contributed by atoms with E-state index in [1.54, 1.807) is 48.7 Å². The molecule has 0 aliphatic carbocycles. The first-order valence-corrected chi connectivity index (χ1v) is 6.86. The average Bonchev–Trinajstić information content (AvgIpc) is 2.58. The molecule has 0 atom stereocenters. The number of hydrogen-bond acceptors (Lipinski definition) is 5. The number of anilines is 1. The van der Waals surface area contributed by atoms with Crippen molar-refractivity contribution in [2.24, 2.45) is 0 Å². The highest BCUT2D eigenvalue weighted by Crippen LogP contribution is 2.14. The van der Waals surface area contributed by atoms with Gasteiger partial charge >= 0.3 is 0 Å². The molecule has 0 radical (unpaired) electrons. The molecular weight excluding hydrogens is 296 g/mol. The molecule has 0 bridgehead atoms. The Balaban J connectivity index is 2.12. The van der Waals surface area contributed by atoms with Crippen LogP contribution < -0.4 is 10.9 Å². The van der Waals surface area contributed by atoms with Crippen LogP contribution in [0.3, 0.4) is 0 Å². The summed E-state index contributed by atoms with van der Waals surface area (Å²) in [6, 6.07) is 11.7. The number of hydrogen-bond donors (Lipinski definition) is 1. The van der Waals surface area contributed by atoms with E-state index < -0.39 is 11.5 Å². The number of aldehydes is 1. The summed E-state index contributed by atoms with van der Waals surface area (Å²) in [5, 5.41) is 7.40. The maximum absolute atomic E-state index is 12.5. The molecule has 3 aromatic rings. The monoisotopic (exact) mass is 308 g/mol. The summed E-state index contributed by atoms with van der Waals surface area (Å²) in [5.41, 5.74) is -0.352. The van der Waals surface area contributed by atoms with Gasteiger partial charge in [0.05, 0.1) is 5.39 Å². The summed E-state index contributed by atoms with van der Waals surface area (Å²) in [6.45, 7) is -0.215. The SMILES string of the molecule is O=CCn1nc(C(=O)Nc2ccccn2)c2ccccc2c1=O. The molecule has 1 amide bonds. The van der Waals surface area contributed by atoms with E-state index in [0.717, 1.165) is 4.68 Å². The summed E-state index contributed by atoms with van der Waals surface area (Å²) in [6.07, 6.45) is 2.11. The molecule has 0 saturated heterocycles. The number of rotatable bonds is 4. The fourth-order valence-corrected chi connectivity index (χ4v) is 2.21. The molecule has 0 saturated carbocycles. The second kappa shape index (κ2) is 6.18. The number of aromatic nitrogens is 3. The highest BCUT2D eigenvalue weighted by Gasteiger charge is 2.16. The van der Waals surface area contributed by atoms with E-state index in [9.17, 15) is 14.4 Å². The van der Waals surface area contributed by atoms with Gasteiger partial charge in [0.15, 0.2) is 5.69 Å². The van der Waals surface area contributed by atoms with Crippen LogP contribution in [-0.2, 0) is 11.3 Å². The number of carbonyl (C=O) groups is 2. The first-order valence-electron chi connectivity index (χ1n) is 6.86. The number of benzene rings is 1. The molecule has 0 aliphatic rings. The topological polar surface area (TPSA) is 93.9 Å². The van der Waals surface area contributed by atoms with Crippen molar-refractivity contribution in [3.05, 3.63) is 64.7 Å². The van der Waals surface area contributed by atoms with Crippen LogP contribution in [0.15, 0.2) is 53.5 Å². The average molecular weight is 308 g/mol. The zero-order chi connectivity index (χ0) is 16.2. The molecule has 23 heavy (non-hydrogen) atoms. The number of amides is 1. The van der Waals surface area contributed by atoms with Crippen molar-refractivity contribution in [3.8, 4) is 0 Å². The van der Waals surface area contributed by atoms with Crippen LogP contribution in [0.1, 0.15) is 10.5 Å². The molecule has 2 aromatic heterocycles. The standard InChI is InChI=1S/C16H12N4O3/c21-10-9-20-16(23)12-6-2-1-5-11(12)14(19-20)15(22)18-13-7-3-4-8-17-13/h1-8,10H,9H2,(H,17,18,22). The van der Waals surface area contributed by atoms with Crippen LogP contribution in [0.5, 0.6) is 0 Å². The van der Waals surface area contributed by atoms with Gasteiger partial charge < -0.3 is 10.1 Å². The minimum absolute atomic E-state index is 0.0627. The predicted molar refractivity (Wildman–Crippen MR) is 84.3 cm³/mol. The highest BCUT2D eigenvalue weighted by atomic mass is 16.2. The molecule has 7 heteroatoms. The van der Waals surface area contributed by atoms with E-state index in [4.69, 9.17) is 0 Å². The van der Waals surface area contributed by atoms with Crippen LogP contribution in [0, 0.1) is 0 Å². The van der Waals surface area contributed by atoms with E-state index in [-0.39, 0.29) is 12.2 Å². The molecule has 7 nitrogen and oxygen atoms in total. The first kappa shape index (κ1) is 14.6. The molecule has 0 aliphatic heterocycles. The Morgan fingerprint density at radius 3 is 2.57 bits per heavy atom. The van der Waals surface area contributed by atoms with Crippen LogP contribution in [0.4, 0.5) is 5.82 Å². The summed E-state index contributed by atoms with van der Waals surface area (Å²) < 4.78 is 0.975. The van der Waals surface area contributed by atoms with E-state index in [1.807, 2.05) is 0 Å². The fourth-order valence-electron chi connectivity index (χ4n) is 2.21. The lowest BCUT2D eigenvalue weighted by molar-refractivity contribution is -0.108. The Morgan fingerprint density at radius 1 is 1.13 bits per heavy atom. The number of carbonyl (C=O) groups excluding carboxylic acids is 2. The second-order valence-electron chi connectivity index (χ2n) is 4.72. The van der Waals surface area contributed by atoms with Gasteiger partial charge in [0.25, 0.3) is 11.5 Å². The van der Waals surface area contributed by atoms with Crippen LogP contribution >= 0.6 is 0 Å². The largest absolute Gasteiger partial charge is 0.305 e. The molecule has 114 valence electrons. The van der Waals surface area contributed by atoms with Gasteiger partial charge in [-0.15, -0.1) is 0 Å². The van der Waals surface area contributed by atoms with Crippen molar-refractivity contribution in [1.82, 2.24) is 14.8 Å². The number of nitrogens with zero attached hydrogens (tertiary/aromatic N) is 3. The first-order chi connectivity index (χ1) is 11.2. The summed E-state index contributed by atoms with van der Waals surface area (Å²) in [5.74, 6) is -0.129. The molecular formula is C16H12N4O3. The smallest absolute Gasteiger partial charge is 0.277 e. The van der Waals surface area contributed by atoms with Gasteiger partial charge in [0.1, 0.15) is 18.6 Å². The second-order valence-corrected chi connectivity index (χ2v) is 4.72. The van der Waals surface area contributed by atoms with Gasteiger partial charge in [0.2, 0.25) is 0 Å². The Morgan fingerprint density at radius 2 is 1.87 bits per heavy atom. The van der Waals surface area contributed by atoms with Crippen molar-refractivity contribution in [2.75, 3.05) is 5.32 Å². The van der Waals surface area contributed by atoms with E-state index >= 15 is 0 Å². The number of fused-ring (bicyclic) bond motifs is 1. The third-order valence-electron chi connectivity index (χ3n) is 3.24. The molecule has 0 fully saturated rings. The van der Waals surface area contributed by atoms with Gasteiger partial charge in [-0.1, -0.05) is 24.3 Å². The molecule has 0 unspecified atom stereocenters. The van der Waals surface area contributed by atoms with E-state index in [1.165, 1.54) is 0 Å². The van der Waals surface area contributed by atoms with E-state index in [2.05, 4.69) is 15.4 Å². The predicted octanol–water partition coefficient (Wildman–Crippen LogP) is 1.24. The lowest BCUT2D eigenvalue weighted by atomic mass is 10.1. The van der Waals surface area contributed by atoms with Crippen LogP contribution in [0.25, 0.3) is 10.8 Å². The quantitative estimate of drug-likeness (QED) is 0.732. The highest BCUT2D eigenvalue weighted by molar-refractivity contribution is 6.10. The van der Waals surface area contributed by atoms with Crippen LogP contribution in [0.2, 0.25) is 0 Å². The van der Waals surface area contributed by atoms with Crippen molar-refractivity contribution < 1.29 is 9.59 Å². The summed E-state index contributed by atoms with van der Waals surface area (Å²) in [4.78, 5) is 39.5. The Bertz CT molecular complexity index is 935. The van der Waals surface area contributed by atoms with E-state index in [0.29, 0.717) is 22.9 Å². The normalized spacial score (nSPS) is 10.4. The zero-order valence-electron chi connectivity index (χ0n) is 12.0. The van der Waals surface area contributed by atoms with Crippen molar-refractivity contribution in [3.63, 3.8) is 0 Å². The zero-order valence-corrected chi connectivity index (χ0v) is 12.0. The van der Waals surface area contributed by atoms with Crippen molar-refractivity contribution >= 4 is 28.8 Å². The minimum atomic E-state index is -0.500. The molecule has 3 rings (SSSR count). The third-order valence-corrected chi connectivity index (χ3v) is 3.24. The Labute approximate surface area is 130 Å². The lowest BCUT2D eigenvalue weighted by Gasteiger charge is -2.09. The molecule has 1 aromatic carbocycles. The van der Waals surface area contributed by atoms with Crippen molar-refractivity contribution in [1.29, 1.82) is 0 Å². The lowest BCUT2D eigenvalue weighted by Crippen LogP contribution is -2.28. The molecule has 0 spiro atoms. The molecule has 1 N–H and O–H groups in total. The van der Waals surface area contributed by atoms with Gasteiger partial charge in [-0.05, 0) is 18.2 Å². The van der Waals surface area contributed by atoms with Crippen LogP contribution in [-0.4, -0.2) is 27.0 Å². The minimum Gasteiger partial charge on any atom is -0.305 e. The molecule has 2 heterocycles.